The number of hydrogen-bond donors (Lipinski definition) is 0. The molecule has 0 bridgehead atoms. The predicted molar refractivity (Wildman–Crippen MR) is 156 cm³/mol. The average Bonchev–Trinajstić information content (AvgIpc) is 3.06. The third-order valence-corrected chi connectivity index (χ3v) is 9.83. The standard InChI is InChI=1S/C29H42IN5O2/c1-7-28(6)18-32(17-22-11-9-8-10-12-22)13-14-34(28)25-24(30)21(2)35(31-25)23-15-29(16-23)19-33(20-29)26(36)37-27(3,4)5/h8-12,23H,7,13-20H2,1-6H3/t28-/m0/s1. The maximum Gasteiger partial charge on any atom is 0.410 e. The van der Waals surface area contributed by atoms with Gasteiger partial charge in [0.25, 0.3) is 0 Å². The van der Waals surface area contributed by atoms with E-state index in [1.807, 2.05) is 25.7 Å². The SMILES string of the molecule is CC[C@@]1(C)CN(Cc2ccccc2)CCN1c1nn(C2CC3(C2)CN(C(=O)OC(C)(C)C)C3)c(C)c1I. The van der Waals surface area contributed by atoms with Crippen molar-refractivity contribution in [1.82, 2.24) is 19.6 Å². The topological polar surface area (TPSA) is 53.8 Å². The molecular formula is C29H42IN5O2. The molecule has 0 N–H and O–H groups in total. The zero-order valence-electron chi connectivity index (χ0n) is 23.3. The Balaban J connectivity index is 1.24. The minimum Gasteiger partial charge on any atom is -0.444 e. The van der Waals surface area contributed by atoms with Gasteiger partial charge in [0.05, 0.1) is 20.8 Å². The maximum absolute atomic E-state index is 12.4. The number of hydrogen-bond acceptors (Lipinski definition) is 5. The van der Waals surface area contributed by atoms with E-state index in [4.69, 9.17) is 9.84 Å². The van der Waals surface area contributed by atoms with Gasteiger partial charge in [-0.05, 0) is 82.0 Å². The summed E-state index contributed by atoms with van der Waals surface area (Å²) in [5.74, 6) is 1.15. The lowest BCUT2D eigenvalue weighted by Crippen LogP contribution is -2.64. The number of halogens is 1. The number of aromatic nitrogens is 2. The molecule has 1 aromatic carbocycles. The van der Waals surface area contributed by atoms with E-state index in [0.29, 0.717) is 6.04 Å². The lowest BCUT2D eigenvalue weighted by Gasteiger charge is -2.58. The van der Waals surface area contributed by atoms with Crippen molar-refractivity contribution in [2.24, 2.45) is 5.41 Å². The van der Waals surface area contributed by atoms with E-state index >= 15 is 0 Å². The van der Waals surface area contributed by atoms with E-state index in [2.05, 4.69) is 88.2 Å². The first-order valence-electron chi connectivity index (χ1n) is 13.7. The molecular weight excluding hydrogens is 577 g/mol. The van der Waals surface area contributed by atoms with Gasteiger partial charge < -0.3 is 14.5 Å². The zero-order valence-corrected chi connectivity index (χ0v) is 25.4. The summed E-state index contributed by atoms with van der Waals surface area (Å²) in [5, 5.41) is 5.25. The first-order valence-corrected chi connectivity index (χ1v) is 14.8. The number of amides is 1. The second kappa shape index (κ2) is 9.74. The van der Waals surface area contributed by atoms with Gasteiger partial charge in [-0.1, -0.05) is 37.3 Å². The molecule has 3 heterocycles. The number of benzene rings is 1. The quantitative estimate of drug-likeness (QED) is 0.393. The van der Waals surface area contributed by atoms with Gasteiger partial charge in [-0.25, -0.2) is 4.79 Å². The van der Waals surface area contributed by atoms with Crippen molar-refractivity contribution in [3.63, 3.8) is 0 Å². The van der Waals surface area contributed by atoms with Crippen LogP contribution in [0.25, 0.3) is 0 Å². The highest BCUT2D eigenvalue weighted by atomic mass is 127. The van der Waals surface area contributed by atoms with Gasteiger partial charge in [0.2, 0.25) is 0 Å². The third-order valence-electron chi connectivity index (χ3n) is 8.57. The average molecular weight is 620 g/mol. The summed E-state index contributed by atoms with van der Waals surface area (Å²) in [6, 6.07) is 11.2. The molecule has 2 aromatic rings. The van der Waals surface area contributed by atoms with Gasteiger partial charge in [-0.2, -0.15) is 5.10 Å². The van der Waals surface area contributed by atoms with Crippen LogP contribution in [0, 0.1) is 15.9 Å². The van der Waals surface area contributed by atoms with E-state index in [-0.39, 0.29) is 17.0 Å². The van der Waals surface area contributed by atoms with E-state index in [9.17, 15) is 4.79 Å². The van der Waals surface area contributed by atoms with Gasteiger partial charge in [0.1, 0.15) is 5.60 Å². The van der Waals surface area contributed by atoms with Crippen LogP contribution in [-0.2, 0) is 11.3 Å². The van der Waals surface area contributed by atoms with Crippen LogP contribution in [0.3, 0.4) is 0 Å². The molecule has 37 heavy (non-hydrogen) atoms. The smallest absolute Gasteiger partial charge is 0.410 e. The van der Waals surface area contributed by atoms with Crippen LogP contribution in [0.4, 0.5) is 10.6 Å². The molecule has 1 aromatic heterocycles. The normalized spacial score (nSPS) is 24.2. The molecule has 202 valence electrons. The molecule has 3 fully saturated rings. The summed E-state index contributed by atoms with van der Waals surface area (Å²) >= 11 is 2.51. The monoisotopic (exact) mass is 619 g/mol. The fourth-order valence-corrected chi connectivity index (χ4v) is 7.05. The van der Waals surface area contributed by atoms with Crippen molar-refractivity contribution in [2.75, 3.05) is 37.6 Å². The highest BCUT2D eigenvalue weighted by molar-refractivity contribution is 14.1. The van der Waals surface area contributed by atoms with Crippen molar-refractivity contribution in [2.45, 2.75) is 84.5 Å². The van der Waals surface area contributed by atoms with Crippen LogP contribution < -0.4 is 4.90 Å². The molecule has 1 aliphatic carbocycles. The van der Waals surface area contributed by atoms with Crippen molar-refractivity contribution >= 4 is 34.5 Å². The number of ether oxygens (including phenoxy) is 1. The van der Waals surface area contributed by atoms with Crippen LogP contribution >= 0.6 is 22.6 Å². The molecule has 1 spiro atoms. The Kier molecular flexibility index (Phi) is 7.05. The van der Waals surface area contributed by atoms with E-state index < -0.39 is 5.60 Å². The number of carbonyl (C=O) groups excluding carboxylic acids is 1. The van der Waals surface area contributed by atoms with E-state index in [1.165, 1.54) is 14.8 Å². The third kappa shape index (κ3) is 5.24. The number of anilines is 1. The summed E-state index contributed by atoms with van der Waals surface area (Å²) in [4.78, 5) is 19.4. The molecule has 2 aliphatic heterocycles. The highest BCUT2D eigenvalue weighted by Crippen LogP contribution is 2.55. The fraction of sp³-hybridized carbons (Fsp3) is 0.655. The van der Waals surface area contributed by atoms with Crippen LogP contribution in [-0.4, -0.2) is 69.5 Å². The molecule has 7 nitrogen and oxygen atoms in total. The van der Waals surface area contributed by atoms with Gasteiger partial charge in [-0.15, -0.1) is 0 Å². The van der Waals surface area contributed by atoms with Crippen LogP contribution in [0.1, 0.15) is 71.2 Å². The van der Waals surface area contributed by atoms with Gasteiger partial charge in [-0.3, -0.25) is 9.58 Å². The van der Waals surface area contributed by atoms with Gasteiger partial charge in [0.15, 0.2) is 5.82 Å². The van der Waals surface area contributed by atoms with E-state index in [0.717, 1.165) is 64.3 Å². The van der Waals surface area contributed by atoms with Crippen molar-refractivity contribution in [3.8, 4) is 0 Å². The molecule has 0 radical (unpaired) electrons. The Bertz CT molecular complexity index is 1130. The minimum atomic E-state index is -0.443. The molecule has 2 saturated heterocycles. The van der Waals surface area contributed by atoms with Crippen molar-refractivity contribution < 1.29 is 9.53 Å². The molecule has 1 amide bonds. The zero-order chi connectivity index (χ0) is 26.6. The lowest BCUT2D eigenvalue weighted by molar-refractivity contribution is -0.0931. The van der Waals surface area contributed by atoms with Gasteiger partial charge in [0, 0.05) is 44.7 Å². The van der Waals surface area contributed by atoms with Crippen LogP contribution in [0.2, 0.25) is 0 Å². The Labute approximate surface area is 235 Å². The predicted octanol–water partition coefficient (Wildman–Crippen LogP) is 5.86. The molecule has 5 rings (SSSR count). The molecule has 3 aliphatic rings. The minimum absolute atomic E-state index is 0.0430. The van der Waals surface area contributed by atoms with Crippen LogP contribution in [0.15, 0.2) is 30.3 Å². The Morgan fingerprint density at radius 1 is 1.14 bits per heavy atom. The summed E-state index contributed by atoms with van der Waals surface area (Å²) in [7, 11) is 0. The molecule has 1 saturated carbocycles. The highest BCUT2D eigenvalue weighted by Gasteiger charge is 2.55. The lowest BCUT2D eigenvalue weighted by atomic mass is 9.61. The molecule has 0 unspecified atom stereocenters. The van der Waals surface area contributed by atoms with Crippen molar-refractivity contribution in [3.05, 3.63) is 45.2 Å². The summed E-state index contributed by atoms with van der Waals surface area (Å²) in [6.07, 6.45) is 3.06. The van der Waals surface area contributed by atoms with Gasteiger partial charge >= 0.3 is 6.09 Å². The summed E-state index contributed by atoms with van der Waals surface area (Å²) in [5.41, 5.74) is 2.49. The van der Waals surface area contributed by atoms with Crippen LogP contribution in [0.5, 0.6) is 0 Å². The number of carbonyl (C=O) groups is 1. The largest absolute Gasteiger partial charge is 0.444 e. The first kappa shape index (κ1) is 26.8. The Morgan fingerprint density at radius 3 is 2.43 bits per heavy atom. The second-order valence-electron chi connectivity index (χ2n) is 12.8. The Hall–Kier alpha value is -1.81. The van der Waals surface area contributed by atoms with Crippen molar-refractivity contribution in [1.29, 1.82) is 0 Å². The number of likely N-dealkylation sites (tertiary alicyclic amines) is 1. The maximum atomic E-state index is 12.4. The number of rotatable bonds is 5. The molecule has 1 atom stereocenters. The summed E-state index contributed by atoms with van der Waals surface area (Å²) < 4.78 is 9.11. The first-order chi connectivity index (χ1) is 17.4. The molecule has 8 heteroatoms. The summed E-state index contributed by atoms with van der Waals surface area (Å²) in [6.45, 7) is 18.4. The second-order valence-corrected chi connectivity index (χ2v) is 13.8. The number of piperazine rings is 1. The number of nitrogens with zero attached hydrogens (tertiary/aromatic N) is 5. The Morgan fingerprint density at radius 2 is 1.81 bits per heavy atom. The van der Waals surface area contributed by atoms with E-state index in [1.54, 1.807) is 0 Å². The fourth-order valence-electron chi connectivity index (χ4n) is 6.40.